The molecule has 1 unspecified atom stereocenters. The van der Waals surface area contributed by atoms with E-state index in [0.29, 0.717) is 5.88 Å². The summed E-state index contributed by atoms with van der Waals surface area (Å²) in [6.07, 6.45) is 1.60. The average molecular weight is 300 g/mol. The number of alkyl halides is 1. The van der Waals surface area contributed by atoms with Crippen LogP contribution >= 0.6 is 11.6 Å². The lowest BCUT2D eigenvalue weighted by Crippen LogP contribution is -2.21. The molecule has 0 amide bonds. The van der Waals surface area contributed by atoms with Crippen LogP contribution in [-0.2, 0) is 11.0 Å². The molecule has 0 saturated carbocycles. The van der Waals surface area contributed by atoms with Gasteiger partial charge in [-0.1, -0.05) is 29.8 Å². The first-order chi connectivity index (χ1) is 8.84. The topological polar surface area (TPSA) is 29.4 Å². The molecule has 0 bridgehead atoms. The first-order valence-corrected chi connectivity index (χ1v) is 8.11. The largest absolute Gasteiger partial charge is 0.234 e. The van der Waals surface area contributed by atoms with Gasteiger partial charge in [0.15, 0.2) is 0 Å². The van der Waals surface area contributed by atoms with E-state index in [1.807, 2.05) is 52.0 Å². The van der Waals surface area contributed by atoms with E-state index in [0.717, 1.165) is 24.1 Å². The van der Waals surface area contributed by atoms with E-state index >= 15 is 0 Å². The van der Waals surface area contributed by atoms with Gasteiger partial charge in [-0.05, 0) is 46.1 Å². The van der Waals surface area contributed by atoms with Gasteiger partial charge in [0, 0.05) is 5.88 Å². The lowest BCUT2D eigenvalue weighted by atomic mass is 10.0. The standard InChI is InChI=1S/C15H22ClNOS/c1-12-7-9-13(10-8-12)14(6-5-11-16)17-19(18)15(2,3)4/h7-10H,5-6,11H2,1-4H3/b17-14+. The van der Waals surface area contributed by atoms with E-state index in [4.69, 9.17) is 11.6 Å². The Morgan fingerprint density at radius 2 is 1.84 bits per heavy atom. The molecule has 1 atom stereocenters. The molecule has 1 aromatic rings. The van der Waals surface area contributed by atoms with Crippen molar-refractivity contribution in [2.24, 2.45) is 4.40 Å². The van der Waals surface area contributed by atoms with E-state index in [1.165, 1.54) is 5.56 Å². The molecule has 1 aromatic carbocycles. The number of benzene rings is 1. The first-order valence-electron chi connectivity index (χ1n) is 6.47. The summed E-state index contributed by atoms with van der Waals surface area (Å²) in [6.45, 7) is 7.84. The third kappa shape index (κ3) is 5.45. The molecule has 0 fully saturated rings. The number of halogens is 1. The zero-order valence-corrected chi connectivity index (χ0v) is 13.6. The molecule has 0 heterocycles. The van der Waals surface area contributed by atoms with Gasteiger partial charge in [0.25, 0.3) is 0 Å². The van der Waals surface area contributed by atoms with Crippen LogP contribution < -0.4 is 0 Å². The molecule has 0 radical (unpaired) electrons. The summed E-state index contributed by atoms with van der Waals surface area (Å²) in [5, 5.41) is 0. The lowest BCUT2D eigenvalue weighted by Gasteiger charge is -2.15. The highest BCUT2D eigenvalue weighted by Gasteiger charge is 2.20. The number of hydrogen-bond acceptors (Lipinski definition) is 1. The zero-order chi connectivity index (χ0) is 14.5. The van der Waals surface area contributed by atoms with Gasteiger partial charge in [-0.3, -0.25) is 0 Å². The maximum Gasteiger partial charge on any atom is 0.145 e. The fraction of sp³-hybridized carbons (Fsp3) is 0.533. The van der Waals surface area contributed by atoms with Crippen molar-refractivity contribution >= 4 is 28.3 Å². The predicted octanol–water partition coefficient (Wildman–Crippen LogP) is 4.27. The van der Waals surface area contributed by atoms with Gasteiger partial charge < -0.3 is 0 Å². The minimum Gasteiger partial charge on any atom is -0.234 e. The van der Waals surface area contributed by atoms with E-state index in [2.05, 4.69) is 4.40 Å². The van der Waals surface area contributed by atoms with Gasteiger partial charge in [-0.15, -0.1) is 11.6 Å². The van der Waals surface area contributed by atoms with Crippen LogP contribution in [-0.4, -0.2) is 20.5 Å². The summed E-state index contributed by atoms with van der Waals surface area (Å²) in [5.41, 5.74) is 3.12. The zero-order valence-electron chi connectivity index (χ0n) is 12.1. The predicted molar refractivity (Wildman–Crippen MR) is 85.6 cm³/mol. The molecule has 0 saturated heterocycles. The molecule has 0 aromatic heterocycles. The van der Waals surface area contributed by atoms with Crippen LogP contribution in [0.25, 0.3) is 0 Å². The van der Waals surface area contributed by atoms with Crippen molar-refractivity contribution in [1.29, 1.82) is 0 Å². The van der Waals surface area contributed by atoms with Gasteiger partial charge >= 0.3 is 0 Å². The first kappa shape index (κ1) is 16.4. The summed E-state index contributed by atoms with van der Waals surface area (Å²) in [4.78, 5) is 0. The van der Waals surface area contributed by atoms with Crippen molar-refractivity contribution in [3.8, 4) is 0 Å². The molecule has 4 heteroatoms. The second kappa shape index (κ2) is 7.20. The summed E-state index contributed by atoms with van der Waals surface area (Å²) < 4.78 is 16.2. The number of aryl methyl sites for hydroxylation is 1. The van der Waals surface area contributed by atoms with Crippen LogP contribution in [0.3, 0.4) is 0 Å². The summed E-state index contributed by atoms with van der Waals surface area (Å²) >= 11 is 5.75. The SMILES string of the molecule is Cc1ccc(/C(CCCCl)=N/S(=O)C(C)(C)C)cc1. The fourth-order valence-corrected chi connectivity index (χ4v) is 2.26. The van der Waals surface area contributed by atoms with Crippen molar-refractivity contribution in [2.75, 3.05) is 5.88 Å². The van der Waals surface area contributed by atoms with Crippen molar-refractivity contribution < 1.29 is 4.21 Å². The molecule has 0 aliphatic heterocycles. The Balaban J connectivity index is 3.04. The van der Waals surface area contributed by atoms with E-state index in [-0.39, 0.29) is 4.75 Å². The van der Waals surface area contributed by atoms with Crippen molar-refractivity contribution in [1.82, 2.24) is 0 Å². The maximum atomic E-state index is 12.2. The molecule has 1 rings (SSSR count). The monoisotopic (exact) mass is 299 g/mol. The molecule has 0 aliphatic carbocycles. The minimum atomic E-state index is -1.23. The third-order valence-corrected chi connectivity index (χ3v) is 4.35. The quantitative estimate of drug-likeness (QED) is 0.590. The summed E-state index contributed by atoms with van der Waals surface area (Å²) in [6, 6.07) is 8.15. The highest BCUT2D eigenvalue weighted by atomic mass is 35.5. The molecule has 0 spiro atoms. The second-order valence-electron chi connectivity index (χ2n) is 5.56. The molecular weight excluding hydrogens is 278 g/mol. The molecule has 2 nitrogen and oxygen atoms in total. The summed E-state index contributed by atoms with van der Waals surface area (Å²) in [7, 11) is -1.23. The highest BCUT2D eigenvalue weighted by molar-refractivity contribution is 7.85. The van der Waals surface area contributed by atoms with Crippen molar-refractivity contribution in [3.05, 3.63) is 35.4 Å². The van der Waals surface area contributed by atoms with E-state index in [1.54, 1.807) is 0 Å². The number of nitrogens with zero attached hydrogens (tertiary/aromatic N) is 1. The highest BCUT2D eigenvalue weighted by Crippen LogP contribution is 2.16. The van der Waals surface area contributed by atoms with Gasteiger partial charge in [0.1, 0.15) is 11.0 Å². The Bertz CT molecular complexity index is 460. The van der Waals surface area contributed by atoms with Crippen molar-refractivity contribution in [3.63, 3.8) is 0 Å². The van der Waals surface area contributed by atoms with Crippen LogP contribution in [0.2, 0.25) is 0 Å². The second-order valence-corrected chi connectivity index (χ2v) is 7.84. The van der Waals surface area contributed by atoms with Gasteiger partial charge in [0.2, 0.25) is 0 Å². The molecule has 106 valence electrons. The van der Waals surface area contributed by atoms with Crippen LogP contribution in [0.4, 0.5) is 0 Å². The Kier molecular flexibility index (Phi) is 6.21. The molecular formula is C15H22ClNOS. The van der Waals surface area contributed by atoms with Crippen LogP contribution in [0.15, 0.2) is 28.7 Å². The minimum absolute atomic E-state index is 0.336. The van der Waals surface area contributed by atoms with Crippen LogP contribution in [0.1, 0.15) is 44.7 Å². The summed E-state index contributed by atoms with van der Waals surface area (Å²) in [5.74, 6) is 0.590. The molecule has 0 N–H and O–H groups in total. The average Bonchev–Trinajstić information content (AvgIpc) is 2.34. The Morgan fingerprint density at radius 3 is 2.32 bits per heavy atom. The molecule has 19 heavy (non-hydrogen) atoms. The van der Waals surface area contributed by atoms with Gasteiger partial charge in [0.05, 0.1) is 10.5 Å². The molecule has 0 aliphatic rings. The normalized spacial score (nSPS) is 14.5. The van der Waals surface area contributed by atoms with Gasteiger partial charge in [-0.25, -0.2) is 4.21 Å². The Labute approximate surface area is 123 Å². The van der Waals surface area contributed by atoms with Crippen LogP contribution in [0, 0.1) is 6.92 Å². The lowest BCUT2D eigenvalue weighted by molar-refractivity contribution is 0.650. The van der Waals surface area contributed by atoms with Crippen molar-refractivity contribution in [2.45, 2.75) is 45.3 Å². The fourth-order valence-electron chi connectivity index (χ4n) is 1.46. The Morgan fingerprint density at radius 1 is 1.26 bits per heavy atom. The number of rotatable bonds is 5. The van der Waals surface area contributed by atoms with E-state index < -0.39 is 11.0 Å². The number of hydrogen-bond donors (Lipinski definition) is 0. The van der Waals surface area contributed by atoms with E-state index in [9.17, 15) is 4.21 Å². The smallest absolute Gasteiger partial charge is 0.145 e. The van der Waals surface area contributed by atoms with Crippen LogP contribution in [0.5, 0.6) is 0 Å². The Hall–Kier alpha value is -0.670. The maximum absolute atomic E-state index is 12.2. The third-order valence-electron chi connectivity index (χ3n) is 2.65. The van der Waals surface area contributed by atoms with Gasteiger partial charge in [-0.2, -0.15) is 4.40 Å².